The first-order chi connectivity index (χ1) is 15.9. The van der Waals surface area contributed by atoms with Crippen molar-refractivity contribution in [2.75, 3.05) is 18.0 Å². The largest absolute Gasteiger partial charge is 0.338 e. The molecule has 0 unspecified atom stereocenters. The highest BCUT2D eigenvalue weighted by atomic mass is 19.1. The molecule has 8 nitrogen and oxygen atoms in total. The standard InChI is InChI=1S/C24H25FN6O2/c1-14-19-6-7-21(32)31(12-16-4-3-5-18(25)10-16)23(19)28-22(27-14)17-8-9-30(13-17)24(33)20-11-26-29-15(20)2/h3-5,10-11,17H,6-9,12-13H2,1-2H3,(H,26,29)/t17-/m1/s1. The molecule has 2 aliphatic rings. The second-order valence-electron chi connectivity index (χ2n) is 8.72. The molecule has 5 rings (SSSR count). The molecule has 0 radical (unpaired) electrons. The first-order valence-electron chi connectivity index (χ1n) is 11.1. The van der Waals surface area contributed by atoms with Crippen LogP contribution in [0.4, 0.5) is 10.2 Å². The molecule has 3 aromatic rings. The lowest BCUT2D eigenvalue weighted by molar-refractivity contribution is -0.119. The van der Waals surface area contributed by atoms with E-state index in [4.69, 9.17) is 9.97 Å². The Balaban J connectivity index is 1.42. The van der Waals surface area contributed by atoms with E-state index in [1.54, 1.807) is 28.1 Å². The molecule has 0 saturated carbocycles. The maximum Gasteiger partial charge on any atom is 0.257 e. The van der Waals surface area contributed by atoms with E-state index in [2.05, 4.69) is 10.2 Å². The van der Waals surface area contributed by atoms with Gasteiger partial charge in [-0.2, -0.15) is 5.10 Å². The van der Waals surface area contributed by atoms with E-state index < -0.39 is 0 Å². The zero-order chi connectivity index (χ0) is 23.1. The summed E-state index contributed by atoms with van der Waals surface area (Å²) in [6.45, 7) is 5.15. The van der Waals surface area contributed by atoms with E-state index in [9.17, 15) is 14.0 Å². The Morgan fingerprint density at radius 3 is 2.85 bits per heavy atom. The van der Waals surface area contributed by atoms with Gasteiger partial charge in [-0.1, -0.05) is 12.1 Å². The number of nitrogens with zero attached hydrogens (tertiary/aromatic N) is 5. The van der Waals surface area contributed by atoms with Gasteiger partial charge in [-0.05, 0) is 44.4 Å². The molecule has 0 aliphatic carbocycles. The lowest BCUT2D eigenvalue weighted by Gasteiger charge is -2.30. The van der Waals surface area contributed by atoms with E-state index in [-0.39, 0.29) is 30.1 Å². The molecule has 0 spiro atoms. The van der Waals surface area contributed by atoms with Crippen molar-refractivity contribution in [1.29, 1.82) is 0 Å². The molecule has 1 atom stereocenters. The van der Waals surface area contributed by atoms with Gasteiger partial charge in [-0.15, -0.1) is 0 Å². The molecular formula is C24H25FN6O2. The van der Waals surface area contributed by atoms with Crippen LogP contribution in [0.3, 0.4) is 0 Å². The monoisotopic (exact) mass is 448 g/mol. The fourth-order valence-electron chi connectivity index (χ4n) is 4.66. The third-order valence-electron chi connectivity index (χ3n) is 6.49. The van der Waals surface area contributed by atoms with Crippen LogP contribution in [-0.2, 0) is 17.8 Å². The van der Waals surface area contributed by atoms with E-state index in [1.165, 1.54) is 12.1 Å². The number of aromatic nitrogens is 4. The Hall–Kier alpha value is -3.62. The summed E-state index contributed by atoms with van der Waals surface area (Å²) in [5.74, 6) is 0.812. The van der Waals surface area contributed by atoms with Crippen molar-refractivity contribution in [1.82, 2.24) is 25.1 Å². The van der Waals surface area contributed by atoms with Crippen molar-refractivity contribution in [3.05, 3.63) is 70.2 Å². The fraction of sp³-hybridized carbons (Fsp3) is 0.375. The van der Waals surface area contributed by atoms with Crippen molar-refractivity contribution in [2.45, 2.75) is 45.6 Å². The zero-order valence-corrected chi connectivity index (χ0v) is 18.6. The lowest BCUT2D eigenvalue weighted by Crippen LogP contribution is -2.36. The molecule has 2 aliphatic heterocycles. The number of likely N-dealkylation sites (tertiary alicyclic amines) is 1. The molecule has 170 valence electrons. The Labute approximate surface area is 190 Å². The summed E-state index contributed by atoms with van der Waals surface area (Å²) in [4.78, 5) is 38.7. The second kappa shape index (κ2) is 8.38. The molecule has 1 N–H and O–H groups in total. The first-order valence-corrected chi connectivity index (χ1v) is 11.1. The van der Waals surface area contributed by atoms with Gasteiger partial charge in [0.05, 0.1) is 18.3 Å². The molecule has 1 aromatic carbocycles. The van der Waals surface area contributed by atoms with Crippen LogP contribution < -0.4 is 4.90 Å². The van der Waals surface area contributed by atoms with Gasteiger partial charge in [0.25, 0.3) is 5.91 Å². The van der Waals surface area contributed by atoms with E-state index >= 15 is 0 Å². The minimum atomic E-state index is -0.333. The molecule has 4 heterocycles. The molecule has 0 bridgehead atoms. The predicted octanol–water partition coefficient (Wildman–Crippen LogP) is 3.06. The molecule has 2 amide bonds. The van der Waals surface area contributed by atoms with Crippen LogP contribution in [0.2, 0.25) is 0 Å². The van der Waals surface area contributed by atoms with Gasteiger partial charge in [0.1, 0.15) is 17.5 Å². The smallest absolute Gasteiger partial charge is 0.257 e. The SMILES string of the molecule is Cc1nc([C@@H]2CCN(C(=O)c3cn[nH]c3C)C2)nc2c1CCC(=O)N2Cc1cccc(F)c1. The molecular weight excluding hydrogens is 423 g/mol. The van der Waals surface area contributed by atoms with Crippen molar-refractivity contribution < 1.29 is 14.0 Å². The highest BCUT2D eigenvalue weighted by Crippen LogP contribution is 2.33. The van der Waals surface area contributed by atoms with Crippen LogP contribution in [0, 0.1) is 19.7 Å². The third-order valence-corrected chi connectivity index (χ3v) is 6.49. The maximum absolute atomic E-state index is 13.7. The van der Waals surface area contributed by atoms with Crippen molar-refractivity contribution in [3.8, 4) is 0 Å². The number of carbonyl (C=O) groups is 2. The van der Waals surface area contributed by atoms with Crippen LogP contribution in [0.1, 0.15) is 57.5 Å². The molecule has 1 fully saturated rings. The number of fused-ring (bicyclic) bond motifs is 1. The van der Waals surface area contributed by atoms with Gasteiger partial charge >= 0.3 is 0 Å². The minimum absolute atomic E-state index is 0.0156. The summed E-state index contributed by atoms with van der Waals surface area (Å²) in [5.41, 5.74) is 3.83. The Bertz CT molecular complexity index is 1240. The summed E-state index contributed by atoms with van der Waals surface area (Å²) in [7, 11) is 0. The normalized spacial score (nSPS) is 18.0. The summed E-state index contributed by atoms with van der Waals surface area (Å²) < 4.78 is 13.7. The van der Waals surface area contributed by atoms with Crippen molar-refractivity contribution in [2.24, 2.45) is 0 Å². The Kier molecular flexibility index (Phi) is 5.39. The molecule has 33 heavy (non-hydrogen) atoms. The van der Waals surface area contributed by atoms with Crippen molar-refractivity contribution in [3.63, 3.8) is 0 Å². The van der Waals surface area contributed by atoms with Crippen LogP contribution in [0.25, 0.3) is 0 Å². The summed E-state index contributed by atoms with van der Waals surface area (Å²) in [5, 5.41) is 6.76. The number of halogens is 1. The number of aryl methyl sites for hydroxylation is 2. The third kappa shape index (κ3) is 3.99. The highest BCUT2D eigenvalue weighted by Gasteiger charge is 2.34. The second-order valence-corrected chi connectivity index (χ2v) is 8.72. The van der Waals surface area contributed by atoms with Gasteiger partial charge in [0.2, 0.25) is 5.91 Å². The zero-order valence-electron chi connectivity index (χ0n) is 18.6. The number of H-pyrrole nitrogens is 1. The average molecular weight is 449 g/mol. The number of hydrogen-bond acceptors (Lipinski definition) is 5. The van der Waals surface area contributed by atoms with Gasteiger partial charge in [0, 0.05) is 42.4 Å². The lowest BCUT2D eigenvalue weighted by atomic mass is 10.0. The van der Waals surface area contributed by atoms with Crippen LogP contribution in [0.5, 0.6) is 0 Å². The number of benzene rings is 1. The van der Waals surface area contributed by atoms with Crippen LogP contribution in [0.15, 0.2) is 30.5 Å². The van der Waals surface area contributed by atoms with Gasteiger partial charge in [-0.3, -0.25) is 19.6 Å². The summed E-state index contributed by atoms with van der Waals surface area (Å²) in [6, 6.07) is 6.27. The van der Waals surface area contributed by atoms with Crippen LogP contribution >= 0.6 is 0 Å². The van der Waals surface area contributed by atoms with Gasteiger partial charge in [-0.25, -0.2) is 14.4 Å². The number of rotatable bonds is 4. The topological polar surface area (TPSA) is 95.1 Å². The quantitative estimate of drug-likeness (QED) is 0.662. The Morgan fingerprint density at radius 2 is 2.09 bits per heavy atom. The predicted molar refractivity (Wildman–Crippen MR) is 119 cm³/mol. The highest BCUT2D eigenvalue weighted by molar-refractivity contribution is 5.96. The van der Waals surface area contributed by atoms with Crippen LogP contribution in [-0.4, -0.2) is 50.0 Å². The van der Waals surface area contributed by atoms with Gasteiger partial charge < -0.3 is 4.90 Å². The van der Waals surface area contributed by atoms with E-state index in [1.807, 2.05) is 13.8 Å². The van der Waals surface area contributed by atoms with E-state index in [0.29, 0.717) is 48.7 Å². The number of hydrogen-bond donors (Lipinski definition) is 1. The summed E-state index contributed by atoms with van der Waals surface area (Å²) in [6.07, 6.45) is 3.27. The fourth-order valence-corrected chi connectivity index (χ4v) is 4.66. The number of aromatic amines is 1. The summed E-state index contributed by atoms with van der Waals surface area (Å²) >= 11 is 0. The number of anilines is 1. The minimum Gasteiger partial charge on any atom is -0.338 e. The number of nitrogens with one attached hydrogen (secondary N) is 1. The number of amides is 2. The molecule has 9 heteroatoms. The Morgan fingerprint density at radius 1 is 1.24 bits per heavy atom. The average Bonchev–Trinajstić information content (AvgIpc) is 3.45. The van der Waals surface area contributed by atoms with Crippen molar-refractivity contribution >= 4 is 17.6 Å². The van der Waals surface area contributed by atoms with E-state index in [0.717, 1.165) is 23.4 Å². The molecule has 2 aromatic heterocycles. The maximum atomic E-state index is 13.7. The van der Waals surface area contributed by atoms with Gasteiger partial charge in [0.15, 0.2) is 0 Å². The number of carbonyl (C=O) groups excluding carboxylic acids is 2. The first kappa shape index (κ1) is 21.2. The molecule has 1 saturated heterocycles.